The lowest BCUT2D eigenvalue weighted by Gasteiger charge is -2.18. The molecule has 0 heterocycles. The molecule has 6 nitrogen and oxygen atoms in total. The minimum Gasteiger partial charge on any atom is -0.462 e. The summed E-state index contributed by atoms with van der Waals surface area (Å²) in [5, 5.41) is 0. The molecule has 0 aliphatic heterocycles. The predicted octanol–water partition coefficient (Wildman–Crippen LogP) is 19.0. The van der Waals surface area contributed by atoms with Crippen LogP contribution in [-0.4, -0.2) is 37.2 Å². The van der Waals surface area contributed by atoms with Crippen LogP contribution >= 0.6 is 0 Å². The summed E-state index contributed by atoms with van der Waals surface area (Å²) in [4.78, 5) is 38.1. The second kappa shape index (κ2) is 55.0. The van der Waals surface area contributed by atoms with Crippen LogP contribution in [0.5, 0.6) is 0 Å². The first-order chi connectivity index (χ1) is 32.5. The Hall–Kier alpha value is -2.63. The molecule has 66 heavy (non-hydrogen) atoms. The second-order valence-corrected chi connectivity index (χ2v) is 19.2. The highest BCUT2D eigenvalue weighted by atomic mass is 16.6. The van der Waals surface area contributed by atoms with Crippen molar-refractivity contribution in [3.05, 3.63) is 48.6 Å². The first kappa shape index (κ1) is 63.4. The van der Waals surface area contributed by atoms with Gasteiger partial charge in [0.05, 0.1) is 0 Å². The summed E-state index contributed by atoms with van der Waals surface area (Å²) in [5.41, 5.74) is 0. The van der Waals surface area contributed by atoms with E-state index in [9.17, 15) is 14.4 Å². The summed E-state index contributed by atoms with van der Waals surface area (Å²) in [6, 6.07) is 0. The Labute approximate surface area is 409 Å². The third kappa shape index (κ3) is 52.3. The van der Waals surface area contributed by atoms with Crippen molar-refractivity contribution in [3.8, 4) is 0 Å². The van der Waals surface area contributed by atoms with E-state index in [1.54, 1.807) is 0 Å². The summed E-state index contributed by atoms with van der Waals surface area (Å²) in [6.07, 6.45) is 66.7. The fourth-order valence-corrected chi connectivity index (χ4v) is 8.19. The molecule has 0 N–H and O–H groups in total. The van der Waals surface area contributed by atoms with Gasteiger partial charge in [-0.15, -0.1) is 0 Å². The SMILES string of the molecule is CCCCCCCC/C=C\CCCCCCCCCC(=O)OC(COC(=O)CCCCC/C=C\CCCCCCCC)COC(=O)CCCCCCC/C=C\C=C/CCCCCCCCC. The molecule has 0 amide bonds. The molecule has 0 fully saturated rings. The molecule has 0 saturated heterocycles. The van der Waals surface area contributed by atoms with Crippen LogP contribution in [0.4, 0.5) is 0 Å². The van der Waals surface area contributed by atoms with Crippen LogP contribution in [0.1, 0.15) is 297 Å². The molecule has 0 rings (SSSR count). The molecule has 1 atom stereocenters. The number of ether oxygens (including phenoxy) is 3. The van der Waals surface area contributed by atoms with Gasteiger partial charge in [0.15, 0.2) is 6.10 Å². The van der Waals surface area contributed by atoms with Crippen LogP contribution in [-0.2, 0) is 28.6 Å². The minimum atomic E-state index is -0.787. The Morgan fingerprint density at radius 2 is 0.545 bits per heavy atom. The maximum absolute atomic E-state index is 12.8. The van der Waals surface area contributed by atoms with Gasteiger partial charge in [-0.2, -0.15) is 0 Å². The third-order valence-electron chi connectivity index (χ3n) is 12.6. The monoisotopic (exact) mass is 925 g/mol. The topological polar surface area (TPSA) is 78.9 Å². The van der Waals surface area contributed by atoms with E-state index in [-0.39, 0.29) is 31.1 Å². The average molecular weight is 926 g/mol. The van der Waals surface area contributed by atoms with Gasteiger partial charge in [-0.05, 0) is 96.3 Å². The zero-order valence-corrected chi connectivity index (χ0v) is 44.0. The van der Waals surface area contributed by atoms with Gasteiger partial charge in [0.25, 0.3) is 0 Å². The maximum Gasteiger partial charge on any atom is 0.306 e. The van der Waals surface area contributed by atoms with Crippen molar-refractivity contribution in [2.75, 3.05) is 13.2 Å². The highest BCUT2D eigenvalue weighted by molar-refractivity contribution is 5.71. The summed E-state index contributed by atoms with van der Waals surface area (Å²) in [5.74, 6) is -0.909. The van der Waals surface area contributed by atoms with E-state index in [4.69, 9.17) is 14.2 Å². The van der Waals surface area contributed by atoms with Crippen molar-refractivity contribution < 1.29 is 28.6 Å². The molecule has 0 aromatic rings. The first-order valence-corrected chi connectivity index (χ1v) is 28.7. The number of rotatable bonds is 52. The number of carbonyl (C=O) groups is 3. The number of allylic oxidation sites excluding steroid dienone is 8. The molecule has 0 saturated carbocycles. The minimum absolute atomic E-state index is 0.0863. The highest BCUT2D eigenvalue weighted by Gasteiger charge is 2.19. The number of esters is 3. The van der Waals surface area contributed by atoms with Gasteiger partial charge >= 0.3 is 17.9 Å². The summed E-state index contributed by atoms with van der Waals surface area (Å²) in [7, 11) is 0. The van der Waals surface area contributed by atoms with Gasteiger partial charge in [-0.25, -0.2) is 0 Å². The molecule has 0 radical (unpaired) electrons. The largest absolute Gasteiger partial charge is 0.462 e. The lowest BCUT2D eigenvalue weighted by Crippen LogP contribution is -2.30. The van der Waals surface area contributed by atoms with E-state index in [1.165, 1.54) is 167 Å². The normalized spacial score (nSPS) is 12.3. The molecule has 0 aromatic heterocycles. The van der Waals surface area contributed by atoms with Gasteiger partial charge in [0.2, 0.25) is 0 Å². The lowest BCUT2D eigenvalue weighted by molar-refractivity contribution is -0.167. The van der Waals surface area contributed by atoms with Gasteiger partial charge in [-0.1, -0.05) is 230 Å². The van der Waals surface area contributed by atoms with Crippen molar-refractivity contribution in [3.63, 3.8) is 0 Å². The van der Waals surface area contributed by atoms with E-state index < -0.39 is 6.10 Å². The molecule has 0 aliphatic carbocycles. The Balaban J connectivity index is 4.40. The quantitative estimate of drug-likeness (QED) is 0.0199. The Bertz CT molecular complexity index is 1150. The second-order valence-electron chi connectivity index (χ2n) is 19.2. The summed E-state index contributed by atoms with van der Waals surface area (Å²) in [6.45, 7) is 6.62. The van der Waals surface area contributed by atoms with Gasteiger partial charge < -0.3 is 14.2 Å². The smallest absolute Gasteiger partial charge is 0.306 e. The molecule has 1 unspecified atom stereocenters. The molecule has 0 bridgehead atoms. The van der Waals surface area contributed by atoms with Crippen LogP contribution in [0.2, 0.25) is 0 Å². The number of hydrogen-bond acceptors (Lipinski definition) is 6. The highest BCUT2D eigenvalue weighted by Crippen LogP contribution is 2.15. The van der Waals surface area contributed by atoms with Crippen molar-refractivity contribution in [2.24, 2.45) is 0 Å². The van der Waals surface area contributed by atoms with Crippen LogP contribution < -0.4 is 0 Å². The fourth-order valence-electron chi connectivity index (χ4n) is 8.19. The standard InChI is InChI=1S/C60H108O6/c1-4-7-10-13-16-19-22-25-27-29-31-32-35-38-41-44-47-50-53-59(62)65-56-57(55-64-58(61)52-49-46-43-40-37-34-24-21-18-15-12-9-6-3)66-60(63)54-51-48-45-42-39-36-33-30-28-26-23-20-17-14-11-8-5-2/h26-29,31-32,34,37,57H,4-25,30,33,35-36,38-56H2,1-3H3/b28-26-,29-27-,32-31-,37-34-. The average Bonchev–Trinajstić information content (AvgIpc) is 3.31. The predicted molar refractivity (Wildman–Crippen MR) is 284 cm³/mol. The molecule has 6 heteroatoms. The maximum atomic E-state index is 12.8. The number of unbranched alkanes of at least 4 members (excludes halogenated alkanes) is 34. The summed E-state index contributed by atoms with van der Waals surface area (Å²) < 4.78 is 16.8. The molecule has 0 aromatic carbocycles. The molecule has 0 aliphatic rings. The zero-order valence-electron chi connectivity index (χ0n) is 44.0. The van der Waals surface area contributed by atoms with E-state index in [0.29, 0.717) is 19.3 Å². The van der Waals surface area contributed by atoms with E-state index >= 15 is 0 Å². The van der Waals surface area contributed by atoms with Gasteiger partial charge in [0.1, 0.15) is 13.2 Å². The zero-order chi connectivity index (χ0) is 47.9. The molecular weight excluding hydrogens is 817 g/mol. The Morgan fingerprint density at radius 1 is 0.303 bits per heavy atom. The van der Waals surface area contributed by atoms with Crippen LogP contribution in [0.3, 0.4) is 0 Å². The first-order valence-electron chi connectivity index (χ1n) is 28.7. The molecular formula is C60H108O6. The van der Waals surface area contributed by atoms with Crippen molar-refractivity contribution in [2.45, 2.75) is 303 Å². The summed E-state index contributed by atoms with van der Waals surface area (Å²) >= 11 is 0. The van der Waals surface area contributed by atoms with E-state index in [1.807, 2.05) is 0 Å². The Morgan fingerprint density at radius 3 is 0.864 bits per heavy atom. The molecule has 0 spiro atoms. The van der Waals surface area contributed by atoms with Gasteiger partial charge in [-0.3, -0.25) is 14.4 Å². The van der Waals surface area contributed by atoms with E-state index in [0.717, 1.165) is 89.9 Å². The molecule has 384 valence electrons. The lowest BCUT2D eigenvalue weighted by atomic mass is 10.1. The number of carbonyl (C=O) groups excluding carboxylic acids is 3. The number of hydrogen-bond donors (Lipinski definition) is 0. The van der Waals surface area contributed by atoms with Crippen molar-refractivity contribution >= 4 is 17.9 Å². The van der Waals surface area contributed by atoms with Gasteiger partial charge in [0, 0.05) is 19.3 Å². The van der Waals surface area contributed by atoms with E-state index in [2.05, 4.69) is 69.4 Å². The van der Waals surface area contributed by atoms with Crippen molar-refractivity contribution in [1.82, 2.24) is 0 Å². The van der Waals surface area contributed by atoms with Crippen LogP contribution in [0, 0.1) is 0 Å². The Kier molecular flexibility index (Phi) is 52.8. The fraction of sp³-hybridized carbons (Fsp3) is 0.817. The third-order valence-corrected chi connectivity index (χ3v) is 12.6. The van der Waals surface area contributed by atoms with Crippen molar-refractivity contribution in [1.29, 1.82) is 0 Å². The van der Waals surface area contributed by atoms with Crippen LogP contribution in [0.15, 0.2) is 48.6 Å². The van der Waals surface area contributed by atoms with Crippen LogP contribution in [0.25, 0.3) is 0 Å².